The van der Waals surface area contributed by atoms with Crippen LogP contribution in [0.1, 0.15) is 27.8 Å². The standard InChI is InChI=1S/C18H19BrN2O5/c1-2-25-18(23)13-11-12(20-17(22)15-5-6-16(19)26-15)3-4-14(13)21-7-9-24-10-8-21/h3-6,11H,2,7-10H2,1H3,(H,20,22). The number of benzene rings is 1. The zero-order valence-electron chi connectivity index (χ0n) is 14.3. The molecule has 0 bridgehead atoms. The number of carbonyl (C=O) groups is 2. The Labute approximate surface area is 159 Å². The third-order valence-corrected chi connectivity index (χ3v) is 4.32. The van der Waals surface area contributed by atoms with Crippen molar-refractivity contribution in [2.75, 3.05) is 43.1 Å². The highest BCUT2D eigenvalue weighted by Crippen LogP contribution is 2.27. The van der Waals surface area contributed by atoms with Gasteiger partial charge >= 0.3 is 5.97 Å². The normalized spacial score (nSPS) is 14.2. The summed E-state index contributed by atoms with van der Waals surface area (Å²) < 4.78 is 16.3. The molecule has 138 valence electrons. The van der Waals surface area contributed by atoms with E-state index in [-0.39, 0.29) is 12.4 Å². The van der Waals surface area contributed by atoms with E-state index in [9.17, 15) is 9.59 Å². The molecule has 7 nitrogen and oxygen atoms in total. The van der Waals surface area contributed by atoms with Crippen LogP contribution in [0, 0.1) is 0 Å². The fourth-order valence-electron chi connectivity index (χ4n) is 2.70. The molecule has 0 spiro atoms. The molecule has 1 aromatic heterocycles. The predicted molar refractivity (Wildman–Crippen MR) is 99.8 cm³/mol. The highest BCUT2D eigenvalue weighted by molar-refractivity contribution is 9.10. The summed E-state index contributed by atoms with van der Waals surface area (Å²) >= 11 is 3.16. The first-order valence-electron chi connectivity index (χ1n) is 8.29. The van der Waals surface area contributed by atoms with Crippen molar-refractivity contribution in [1.29, 1.82) is 0 Å². The predicted octanol–water partition coefficient (Wildman–Crippen LogP) is 3.31. The van der Waals surface area contributed by atoms with Crippen molar-refractivity contribution >= 4 is 39.2 Å². The van der Waals surface area contributed by atoms with E-state index >= 15 is 0 Å². The molecule has 1 fully saturated rings. The molecule has 0 atom stereocenters. The van der Waals surface area contributed by atoms with Crippen LogP contribution in [0.3, 0.4) is 0 Å². The molecule has 1 aliphatic heterocycles. The Morgan fingerprint density at radius 2 is 2.00 bits per heavy atom. The van der Waals surface area contributed by atoms with Gasteiger partial charge in [0.05, 0.1) is 31.1 Å². The smallest absolute Gasteiger partial charge is 0.340 e. The van der Waals surface area contributed by atoms with Crippen molar-refractivity contribution in [2.45, 2.75) is 6.92 Å². The molecular weight excluding hydrogens is 404 g/mol. The molecule has 2 aromatic rings. The molecule has 0 radical (unpaired) electrons. The SMILES string of the molecule is CCOC(=O)c1cc(NC(=O)c2ccc(Br)o2)ccc1N1CCOCC1. The maximum absolute atomic E-state index is 12.4. The minimum atomic E-state index is -0.425. The van der Waals surface area contributed by atoms with Crippen LogP contribution in [-0.4, -0.2) is 44.8 Å². The van der Waals surface area contributed by atoms with Crippen LogP contribution in [0.4, 0.5) is 11.4 Å². The van der Waals surface area contributed by atoms with Crippen molar-refractivity contribution < 1.29 is 23.5 Å². The topological polar surface area (TPSA) is 81.0 Å². The minimum absolute atomic E-state index is 0.173. The maximum atomic E-state index is 12.4. The lowest BCUT2D eigenvalue weighted by molar-refractivity contribution is 0.0526. The second-order valence-corrected chi connectivity index (χ2v) is 6.39. The Morgan fingerprint density at radius 1 is 1.23 bits per heavy atom. The summed E-state index contributed by atoms with van der Waals surface area (Å²) in [7, 11) is 0. The third kappa shape index (κ3) is 4.25. The van der Waals surface area contributed by atoms with Gasteiger partial charge in [-0.2, -0.15) is 0 Å². The number of esters is 1. The van der Waals surface area contributed by atoms with Crippen molar-refractivity contribution in [2.24, 2.45) is 0 Å². The number of nitrogens with zero attached hydrogens (tertiary/aromatic N) is 1. The van der Waals surface area contributed by atoms with E-state index < -0.39 is 11.9 Å². The summed E-state index contributed by atoms with van der Waals surface area (Å²) in [6, 6.07) is 8.39. The van der Waals surface area contributed by atoms with E-state index in [2.05, 4.69) is 26.1 Å². The lowest BCUT2D eigenvalue weighted by Gasteiger charge is -2.30. The van der Waals surface area contributed by atoms with Crippen LogP contribution in [-0.2, 0) is 9.47 Å². The number of ether oxygens (including phenoxy) is 2. The molecule has 26 heavy (non-hydrogen) atoms. The number of hydrogen-bond acceptors (Lipinski definition) is 6. The number of morpholine rings is 1. The van der Waals surface area contributed by atoms with E-state index in [1.54, 1.807) is 31.2 Å². The quantitative estimate of drug-likeness (QED) is 0.744. The first-order valence-corrected chi connectivity index (χ1v) is 9.08. The number of anilines is 2. The van der Waals surface area contributed by atoms with E-state index in [1.165, 1.54) is 0 Å². The zero-order chi connectivity index (χ0) is 18.5. The molecule has 0 saturated carbocycles. The second-order valence-electron chi connectivity index (χ2n) is 5.61. The number of amides is 1. The van der Waals surface area contributed by atoms with E-state index in [1.807, 2.05) is 6.07 Å². The van der Waals surface area contributed by atoms with Gasteiger partial charge in [-0.25, -0.2) is 4.79 Å². The van der Waals surface area contributed by atoms with E-state index in [0.29, 0.717) is 42.2 Å². The average molecular weight is 423 g/mol. The van der Waals surface area contributed by atoms with Gasteiger partial charge in [0.25, 0.3) is 5.91 Å². The van der Waals surface area contributed by atoms with Gasteiger partial charge in [0.1, 0.15) is 0 Å². The number of nitrogens with one attached hydrogen (secondary N) is 1. The minimum Gasteiger partial charge on any atom is -0.462 e. The van der Waals surface area contributed by atoms with Crippen LogP contribution < -0.4 is 10.2 Å². The summed E-state index contributed by atoms with van der Waals surface area (Å²) in [6.45, 7) is 4.63. The van der Waals surface area contributed by atoms with Gasteiger partial charge in [-0.3, -0.25) is 4.79 Å². The molecular formula is C18H19BrN2O5. The van der Waals surface area contributed by atoms with Gasteiger partial charge in [-0.05, 0) is 53.2 Å². The Balaban J connectivity index is 1.86. The maximum Gasteiger partial charge on any atom is 0.340 e. The number of carbonyl (C=O) groups excluding carboxylic acids is 2. The number of halogens is 1. The van der Waals surface area contributed by atoms with Crippen molar-refractivity contribution in [1.82, 2.24) is 0 Å². The Hall–Kier alpha value is -2.32. The Morgan fingerprint density at radius 3 is 2.65 bits per heavy atom. The number of furan rings is 1. The molecule has 2 heterocycles. The summed E-state index contributed by atoms with van der Waals surface area (Å²) in [5.41, 5.74) is 1.67. The van der Waals surface area contributed by atoms with Crippen molar-refractivity contribution in [3.05, 3.63) is 46.3 Å². The fourth-order valence-corrected chi connectivity index (χ4v) is 3.00. The zero-order valence-corrected chi connectivity index (χ0v) is 15.9. The van der Waals surface area contributed by atoms with Crippen LogP contribution in [0.5, 0.6) is 0 Å². The fraction of sp³-hybridized carbons (Fsp3) is 0.333. The summed E-state index contributed by atoms with van der Waals surface area (Å²) in [6.07, 6.45) is 0. The molecule has 1 N–H and O–H groups in total. The molecule has 0 unspecified atom stereocenters. The van der Waals surface area contributed by atoms with E-state index in [0.717, 1.165) is 5.69 Å². The molecule has 3 rings (SSSR count). The van der Waals surface area contributed by atoms with Gasteiger partial charge in [0.2, 0.25) is 0 Å². The average Bonchev–Trinajstić information content (AvgIpc) is 3.09. The van der Waals surface area contributed by atoms with Gasteiger partial charge < -0.3 is 24.1 Å². The number of rotatable bonds is 5. The first kappa shape index (κ1) is 18.5. The van der Waals surface area contributed by atoms with Gasteiger partial charge in [0.15, 0.2) is 10.4 Å². The lowest BCUT2D eigenvalue weighted by Crippen LogP contribution is -2.37. The molecule has 1 amide bonds. The van der Waals surface area contributed by atoms with Crippen LogP contribution in [0.2, 0.25) is 0 Å². The van der Waals surface area contributed by atoms with Crippen LogP contribution >= 0.6 is 15.9 Å². The first-order chi connectivity index (χ1) is 12.6. The second kappa shape index (κ2) is 8.37. The monoisotopic (exact) mass is 422 g/mol. The van der Waals surface area contributed by atoms with Gasteiger partial charge in [0, 0.05) is 18.8 Å². The van der Waals surface area contributed by atoms with E-state index in [4.69, 9.17) is 13.9 Å². The van der Waals surface area contributed by atoms with Crippen molar-refractivity contribution in [3.8, 4) is 0 Å². The highest BCUT2D eigenvalue weighted by atomic mass is 79.9. The third-order valence-electron chi connectivity index (χ3n) is 3.90. The van der Waals surface area contributed by atoms with Crippen molar-refractivity contribution in [3.63, 3.8) is 0 Å². The molecule has 1 aliphatic rings. The lowest BCUT2D eigenvalue weighted by atomic mass is 10.1. The van der Waals surface area contributed by atoms with Gasteiger partial charge in [-0.15, -0.1) is 0 Å². The summed E-state index contributed by atoms with van der Waals surface area (Å²) in [5.74, 6) is -0.651. The Bertz CT molecular complexity index is 799. The summed E-state index contributed by atoms with van der Waals surface area (Å²) in [4.78, 5) is 26.7. The number of hydrogen-bond donors (Lipinski definition) is 1. The van der Waals surface area contributed by atoms with Gasteiger partial charge in [-0.1, -0.05) is 0 Å². The molecule has 8 heteroatoms. The largest absolute Gasteiger partial charge is 0.462 e. The Kier molecular flexibility index (Phi) is 5.95. The molecule has 1 saturated heterocycles. The molecule has 0 aliphatic carbocycles. The summed E-state index contributed by atoms with van der Waals surface area (Å²) in [5, 5.41) is 2.73. The highest BCUT2D eigenvalue weighted by Gasteiger charge is 2.21. The van der Waals surface area contributed by atoms with Crippen LogP contribution in [0.25, 0.3) is 0 Å². The molecule has 1 aromatic carbocycles. The van der Waals surface area contributed by atoms with Crippen LogP contribution in [0.15, 0.2) is 39.4 Å².